The van der Waals surface area contributed by atoms with Crippen LogP contribution in [0, 0.1) is 11.8 Å². The lowest BCUT2D eigenvalue weighted by Crippen LogP contribution is -2.45. The van der Waals surface area contributed by atoms with Gasteiger partial charge in [0.2, 0.25) is 11.8 Å². The minimum Gasteiger partial charge on any atom is -0.356 e. The van der Waals surface area contributed by atoms with Gasteiger partial charge < -0.3 is 16.0 Å². The predicted octanol–water partition coefficient (Wildman–Crippen LogP) is 1.69. The Hall–Kier alpha value is -0.810. The Morgan fingerprint density at radius 1 is 1.14 bits per heavy atom. The number of carbonyl (C=O) groups excluding carboxylic acids is 2. The van der Waals surface area contributed by atoms with Crippen LogP contribution in [0.1, 0.15) is 51.9 Å². The van der Waals surface area contributed by atoms with Crippen LogP contribution in [0.25, 0.3) is 0 Å². The minimum absolute atomic E-state index is 0. The predicted molar refractivity (Wildman–Crippen MR) is 89.8 cm³/mol. The van der Waals surface area contributed by atoms with Crippen molar-refractivity contribution in [3.8, 4) is 0 Å². The second kappa shape index (κ2) is 9.36. The summed E-state index contributed by atoms with van der Waals surface area (Å²) in [7, 11) is 0. The van der Waals surface area contributed by atoms with Gasteiger partial charge in [-0.05, 0) is 39.0 Å². The van der Waals surface area contributed by atoms with Crippen molar-refractivity contribution < 1.29 is 9.59 Å². The molecule has 1 aliphatic heterocycles. The molecule has 6 heteroatoms. The monoisotopic (exact) mass is 331 g/mol. The number of rotatable bonds is 5. The van der Waals surface area contributed by atoms with Crippen LogP contribution >= 0.6 is 12.4 Å². The third kappa shape index (κ3) is 5.13. The standard InChI is InChI=1S/C16H29N3O2.ClH/c1-12(17)8-9-18-15(20)13-6-2-3-7-14(13)16(21)19-10-4-5-11-19;/h12-14H,2-11,17H2,1H3,(H,18,20);1H. The molecule has 0 spiro atoms. The average molecular weight is 332 g/mol. The van der Waals surface area contributed by atoms with E-state index in [0.29, 0.717) is 6.54 Å². The first-order chi connectivity index (χ1) is 10.1. The molecule has 1 aliphatic carbocycles. The molecule has 2 rings (SSSR count). The molecule has 3 atom stereocenters. The zero-order valence-electron chi connectivity index (χ0n) is 13.6. The Kier molecular flexibility index (Phi) is 8.18. The Labute approximate surface area is 139 Å². The van der Waals surface area contributed by atoms with Crippen LogP contribution in [0.3, 0.4) is 0 Å². The van der Waals surface area contributed by atoms with Gasteiger partial charge in [0.05, 0.1) is 0 Å². The largest absolute Gasteiger partial charge is 0.356 e. The van der Waals surface area contributed by atoms with Gasteiger partial charge >= 0.3 is 0 Å². The molecule has 22 heavy (non-hydrogen) atoms. The molecule has 3 N–H and O–H groups in total. The van der Waals surface area contributed by atoms with Crippen molar-refractivity contribution in [3.05, 3.63) is 0 Å². The summed E-state index contributed by atoms with van der Waals surface area (Å²) in [5.41, 5.74) is 5.70. The number of amides is 2. The second-order valence-electron chi connectivity index (χ2n) is 6.59. The Balaban J connectivity index is 0.00000242. The summed E-state index contributed by atoms with van der Waals surface area (Å²) < 4.78 is 0. The second-order valence-corrected chi connectivity index (χ2v) is 6.59. The summed E-state index contributed by atoms with van der Waals surface area (Å²) in [6.07, 6.45) is 6.80. The molecule has 1 heterocycles. The van der Waals surface area contributed by atoms with Crippen molar-refractivity contribution >= 4 is 24.2 Å². The highest BCUT2D eigenvalue weighted by molar-refractivity contribution is 5.88. The fourth-order valence-corrected chi connectivity index (χ4v) is 3.47. The molecule has 128 valence electrons. The molecule has 1 saturated carbocycles. The maximum atomic E-state index is 12.6. The van der Waals surface area contributed by atoms with Crippen LogP contribution in [0.2, 0.25) is 0 Å². The molecule has 0 aromatic carbocycles. The average Bonchev–Trinajstić information content (AvgIpc) is 3.00. The number of halogens is 1. The molecular weight excluding hydrogens is 302 g/mol. The quantitative estimate of drug-likeness (QED) is 0.805. The lowest BCUT2D eigenvalue weighted by molar-refractivity contribution is -0.142. The van der Waals surface area contributed by atoms with Crippen LogP contribution in [0.15, 0.2) is 0 Å². The summed E-state index contributed by atoms with van der Waals surface area (Å²) in [4.78, 5) is 27.0. The molecule has 0 radical (unpaired) electrons. The molecule has 1 saturated heterocycles. The summed E-state index contributed by atoms with van der Waals surface area (Å²) in [5, 5.41) is 2.97. The van der Waals surface area contributed by atoms with E-state index >= 15 is 0 Å². The SMILES string of the molecule is CC(N)CCNC(=O)C1CCCCC1C(=O)N1CCCC1.Cl. The third-order valence-corrected chi connectivity index (χ3v) is 4.74. The summed E-state index contributed by atoms with van der Waals surface area (Å²) >= 11 is 0. The lowest BCUT2D eigenvalue weighted by atomic mass is 9.78. The Morgan fingerprint density at radius 3 is 2.32 bits per heavy atom. The van der Waals surface area contributed by atoms with Gasteiger partial charge in [-0.1, -0.05) is 12.8 Å². The van der Waals surface area contributed by atoms with Crippen LogP contribution in [0.4, 0.5) is 0 Å². The highest BCUT2D eigenvalue weighted by Gasteiger charge is 2.38. The Morgan fingerprint density at radius 2 is 1.73 bits per heavy atom. The number of nitrogens with two attached hydrogens (primary N) is 1. The van der Waals surface area contributed by atoms with E-state index in [1.807, 2.05) is 11.8 Å². The molecule has 0 aromatic heterocycles. The fraction of sp³-hybridized carbons (Fsp3) is 0.875. The normalized spacial score (nSPS) is 26.2. The first-order valence-electron chi connectivity index (χ1n) is 8.41. The Bertz CT molecular complexity index is 370. The van der Waals surface area contributed by atoms with E-state index in [1.54, 1.807) is 0 Å². The number of carbonyl (C=O) groups is 2. The highest BCUT2D eigenvalue weighted by Crippen LogP contribution is 2.32. The van der Waals surface area contributed by atoms with Crippen molar-refractivity contribution in [3.63, 3.8) is 0 Å². The molecule has 0 aromatic rings. The molecule has 2 fully saturated rings. The van der Waals surface area contributed by atoms with Crippen LogP contribution in [-0.4, -0.2) is 42.4 Å². The smallest absolute Gasteiger partial charge is 0.226 e. The zero-order valence-corrected chi connectivity index (χ0v) is 14.4. The minimum atomic E-state index is -0.139. The van der Waals surface area contributed by atoms with Crippen molar-refractivity contribution in [2.24, 2.45) is 17.6 Å². The topological polar surface area (TPSA) is 75.4 Å². The van der Waals surface area contributed by atoms with Crippen LogP contribution in [-0.2, 0) is 9.59 Å². The number of hydrogen-bond donors (Lipinski definition) is 2. The van der Waals surface area contributed by atoms with Gasteiger partial charge in [0.25, 0.3) is 0 Å². The molecule has 0 bridgehead atoms. The van der Waals surface area contributed by atoms with E-state index in [-0.39, 0.29) is 42.1 Å². The highest BCUT2D eigenvalue weighted by atomic mass is 35.5. The van der Waals surface area contributed by atoms with Crippen molar-refractivity contribution in [1.29, 1.82) is 0 Å². The van der Waals surface area contributed by atoms with Crippen molar-refractivity contribution in [2.75, 3.05) is 19.6 Å². The number of likely N-dealkylation sites (tertiary alicyclic amines) is 1. The van der Waals surface area contributed by atoms with Gasteiger partial charge in [-0.15, -0.1) is 12.4 Å². The number of nitrogens with one attached hydrogen (secondary N) is 1. The first kappa shape index (κ1) is 19.2. The molecule has 5 nitrogen and oxygen atoms in total. The van der Waals surface area contributed by atoms with Gasteiger partial charge in [-0.3, -0.25) is 9.59 Å². The van der Waals surface area contributed by atoms with Crippen molar-refractivity contribution in [2.45, 2.75) is 57.9 Å². The molecule has 2 amide bonds. The van der Waals surface area contributed by atoms with Crippen molar-refractivity contribution in [1.82, 2.24) is 10.2 Å². The van der Waals surface area contributed by atoms with Gasteiger partial charge in [0, 0.05) is 37.5 Å². The number of hydrogen-bond acceptors (Lipinski definition) is 3. The third-order valence-electron chi connectivity index (χ3n) is 4.74. The van der Waals surface area contributed by atoms with Crippen LogP contribution in [0.5, 0.6) is 0 Å². The van der Waals surface area contributed by atoms with Gasteiger partial charge in [-0.25, -0.2) is 0 Å². The summed E-state index contributed by atoms with van der Waals surface area (Å²) in [6, 6.07) is 0.0960. The van der Waals surface area contributed by atoms with E-state index in [4.69, 9.17) is 5.73 Å². The van der Waals surface area contributed by atoms with E-state index in [2.05, 4.69) is 5.32 Å². The summed E-state index contributed by atoms with van der Waals surface area (Å²) in [5.74, 6) is 0.0134. The van der Waals surface area contributed by atoms with Gasteiger partial charge in [0.1, 0.15) is 0 Å². The molecule has 2 aliphatic rings. The van der Waals surface area contributed by atoms with E-state index in [1.165, 1.54) is 0 Å². The van der Waals surface area contributed by atoms with Crippen LogP contribution < -0.4 is 11.1 Å². The summed E-state index contributed by atoms with van der Waals surface area (Å²) in [6.45, 7) is 4.28. The first-order valence-corrected chi connectivity index (χ1v) is 8.41. The van der Waals surface area contributed by atoms with E-state index < -0.39 is 0 Å². The van der Waals surface area contributed by atoms with E-state index in [9.17, 15) is 9.59 Å². The van der Waals surface area contributed by atoms with E-state index in [0.717, 1.165) is 58.0 Å². The molecule has 3 unspecified atom stereocenters. The van der Waals surface area contributed by atoms with Gasteiger partial charge in [-0.2, -0.15) is 0 Å². The lowest BCUT2D eigenvalue weighted by Gasteiger charge is -2.32. The molecular formula is C16H30ClN3O2. The maximum Gasteiger partial charge on any atom is 0.226 e. The maximum absolute atomic E-state index is 12.6. The zero-order chi connectivity index (χ0) is 15.2. The number of nitrogens with zero attached hydrogens (tertiary/aromatic N) is 1. The van der Waals surface area contributed by atoms with Gasteiger partial charge in [0.15, 0.2) is 0 Å². The fourth-order valence-electron chi connectivity index (χ4n) is 3.47.